The third kappa shape index (κ3) is 6.16. The van der Waals surface area contributed by atoms with Crippen LogP contribution in [0.4, 0.5) is 18.9 Å². The minimum atomic E-state index is -4.39. The van der Waals surface area contributed by atoms with Gasteiger partial charge in [0.25, 0.3) is 0 Å². The molecule has 0 amide bonds. The summed E-state index contributed by atoms with van der Waals surface area (Å²) in [6.45, 7) is 6.21. The number of nitrogens with zero attached hydrogens (tertiary/aromatic N) is 3. The first-order valence-electron chi connectivity index (χ1n) is 8.36. The second-order valence-corrected chi connectivity index (χ2v) is 6.84. The van der Waals surface area contributed by atoms with Gasteiger partial charge >= 0.3 is 12.1 Å². The summed E-state index contributed by atoms with van der Waals surface area (Å²) in [4.78, 5) is 11.7. The van der Waals surface area contributed by atoms with Crippen LogP contribution in [0.1, 0.15) is 32.2 Å². The molecule has 2 rings (SSSR count). The zero-order chi connectivity index (χ0) is 20.0. The van der Waals surface area contributed by atoms with E-state index in [1.165, 1.54) is 17.8 Å². The van der Waals surface area contributed by atoms with E-state index < -0.39 is 11.7 Å². The summed E-state index contributed by atoms with van der Waals surface area (Å²) in [7, 11) is 0. The lowest BCUT2D eigenvalue weighted by Crippen LogP contribution is -2.14. The molecule has 2 aromatic rings. The smallest absolute Gasteiger partial charge is 0.416 e. The second-order valence-electron chi connectivity index (χ2n) is 5.90. The molecule has 27 heavy (non-hydrogen) atoms. The van der Waals surface area contributed by atoms with Gasteiger partial charge in [0.05, 0.1) is 24.0 Å². The number of carbonyl (C=O) groups is 1. The molecule has 0 aliphatic carbocycles. The van der Waals surface area contributed by atoms with Crippen LogP contribution >= 0.6 is 11.8 Å². The first-order valence-corrected chi connectivity index (χ1v) is 9.34. The molecule has 0 atom stereocenters. The van der Waals surface area contributed by atoms with Gasteiger partial charge in [-0.2, -0.15) is 13.2 Å². The van der Waals surface area contributed by atoms with E-state index >= 15 is 0 Å². The number of hydrogen-bond acceptors (Lipinski definition) is 6. The average molecular weight is 402 g/mol. The van der Waals surface area contributed by atoms with Crippen molar-refractivity contribution in [2.75, 3.05) is 11.1 Å². The van der Waals surface area contributed by atoms with Crippen molar-refractivity contribution in [2.45, 2.75) is 51.3 Å². The van der Waals surface area contributed by atoms with E-state index in [0.717, 1.165) is 12.1 Å². The molecule has 0 bridgehead atoms. The van der Waals surface area contributed by atoms with Crippen LogP contribution in [0.5, 0.6) is 0 Å². The molecule has 0 fully saturated rings. The molecule has 1 aromatic heterocycles. The van der Waals surface area contributed by atoms with E-state index in [0.29, 0.717) is 23.2 Å². The number of anilines is 1. The Morgan fingerprint density at radius 3 is 2.70 bits per heavy atom. The van der Waals surface area contributed by atoms with Gasteiger partial charge in [0.1, 0.15) is 0 Å². The topological polar surface area (TPSA) is 69.0 Å². The number of esters is 1. The third-order valence-corrected chi connectivity index (χ3v) is 4.38. The molecular formula is C17H21F3N4O2S. The highest BCUT2D eigenvalue weighted by Gasteiger charge is 2.30. The number of hydrogen-bond donors (Lipinski definition) is 1. The molecule has 0 aliphatic rings. The van der Waals surface area contributed by atoms with Crippen molar-refractivity contribution in [3.05, 3.63) is 35.7 Å². The summed E-state index contributed by atoms with van der Waals surface area (Å²) in [5, 5.41) is 11.6. The van der Waals surface area contributed by atoms with E-state index in [-0.39, 0.29) is 24.4 Å². The van der Waals surface area contributed by atoms with Crippen LogP contribution in [-0.4, -0.2) is 32.6 Å². The summed E-state index contributed by atoms with van der Waals surface area (Å²) in [5.41, 5.74) is -0.380. The molecule has 1 heterocycles. The lowest BCUT2D eigenvalue weighted by molar-refractivity contribution is -0.144. The largest absolute Gasteiger partial charge is 0.462 e. The van der Waals surface area contributed by atoms with Gasteiger partial charge in [-0.15, -0.1) is 10.2 Å². The monoisotopic (exact) mass is 402 g/mol. The predicted octanol–water partition coefficient (Wildman–Crippen LogP) is 3.97. The van der Waals surface area contributed by atoms with Crippen molar-refractivity contribution in [1.82, 2.24) is 14.8 Å². The summed E-state index contributed by atoms with van der Waals surface area (Å²) in [6, 6.07) is 4.96. The van der Waals surface area contributed by atoms with E-state index in [2.05, 4.69) is 15.5 Å². The van der Waals surface area contributed by atoms with Gasteiger partial charge in [-0.3, -0.25) is 4.79 Å². The summed E-state index contributed by atoms with van der Waals surface area (Å²) < 4.78 is 45.2. The molecule has 0 aliphatic heterocycles. The molecule has 1 N–H and O–H groups in total. The Kier molecular flexibility index (Phi) is 7.11. The lowest BCUT2D eigenvalue weighted by Gasteiger charge is -2.11. The zero-order valence-electron chi connectivity index (χ0n) is 15.2. The molecule has 0 saturated heterocycles. The van der Waals surface area contributed by atoms with E-state index in [1.807, 2.05) is 6.92 Å². The highest BCUT2D eigenvalue weighted by Crippen LogP contribution is 2.30. The number of alkyl halides is 3. The Labute approximate surface area is 159 Å². The Hall–Kier alpha value is -2.23. The number of aromatic nitrogens is 3. The van der Waals surface area contributed by atoms with Crippen LogP contribution in [0.15, 0.2) is 29.4 Å². The molecule has 0 saturated carbocycles. The molecule has 0 spiro atoms. The van der Waals surface area contributed by atoms with Gasteiger partial charge in [-0.1, -0.05) is 17.8 Å². The number of thioether (sulfide) groups is 1. The Bertz CT molecular complexity index is 778. The van der Waals surface area contributed by atoms with Crippen LogP contribution in [-0.2, 0) is 28.8 Å². The SMILES string of the molecule is CCn1c(CNc2cccc(C(F)(F)F)c2)nnc1SCC(=O)OC(C)C. The minimum Gasteiger partial charge on any atom is -0.462 e. The highest BCUT2D eigenvalue weighted by molar-refractivity contribution is 7.99. The van der Waals surface area contributed by atoms with Gasteiger partial charge in [0, 0.05) is 12.2 Å². The lowest BCUT2D eigenvalue weighted by atomic mass is 10.2. The first-order chi connectivity index (χ1) is 12.7. The van der Waals surface area contributed by atoms with Gasteiger partial charge in [-0.05, 0) is 39.0 Å². The molecule has 6 nitrogen and oxygen atoms in total. The maximum Gasteiger partial charge on any atom is 0.416 e. The van der Waals surface area contributed by atoms with Crippen molar-refractivity contribution in [3.63, 3.8) is 0 Å². The predicted molar refractivity (Wildman–Crippen MR) is 96.4 cm³/mol. The fraction of sp³-hybridized carbons (Fsp3) is 0.471. The van der Waals surface area contributed by atoms with Crippen LogP contribution < -0.4 is 5.32 Å². The van der Waals surface area contributed by atoms with Gasteiger partial charge < -0.3 is 14.6 Å². The second kappa shape index (κ2) is 9.12. The number of ether oxygens (including phenoxy) is 1. The fourth-order valence-electron chi connectivity index (χ4n) is 2.28. The standard InChI is InChI=1S/C17H21F3N4O2S/c1-4-24-14(22-23-16(24)27-10-15(25)26-11(2)3)9-21-13-7-5-6-12(8-13)17(18,19)20/h5-8,11,21H,4,9-10H2,1-3H3. The minimum absolute atomic E-state index is 0.109. The molecule has 10 heteroatoms. The number of nitrogens with one attached hydrogen (secondary N) is 1. The van der Waals surface area contributed by atoms with Crippen molar-refractivity contribution in [3.8, 4) is 0 Å². The molecule has 148 valence electrons. The maximum atomic E-state index is 12.8. The zero-order valence-corrected chi connectivity index (χ0v) is 16.0. The van der Waals surface area contributed by atoms with Crippen molar-refractivity contribution < 1.29 is 22.7 Å². The van der Waals surface area contributed by atoms with E-state index in [9.17, 15) is 18.0 Å². The highest BCUT2D eigenvalue weighted by atomic mass is 32.2. The van der Waals surface area contributed by atoms with Crippen LogP contribution in [0.2, 0.25) is 0 Å². The molecular weight excluding hydrogens is 381 g/mol. The van der Waals surface area contributed by atoms with Crippen LogP contribution in [0, 0.1) is 0 Å². The van der Waals surface area contributed by atoms with Crippen LogP contribution in [0.25, 0.3) is 0 Å². The summed E-state index contributed by atoms with van der Waals surface area (Å²) >= 11 is 1.21. The quantitative estimate of drug-likeness (QED) is 0.532. The van der Waals surface area contributed by atoms with Gasteiger partial charge in [0.2, 0.25) is 0 Å². The molecule has 0 unspecified atom stereocenters. The maximum absolute atomic E-state index is 12.8. The Morgan fingerprint density at radius 1 is 1.33 bits per heavy atom. The van der Waals surface area contributed by atoms with Crippen molar-refractivity contribution in [2.24, 2.45) is 0 Å². The normalized spacial score (nSPS) is 11.7. The van der Waals surface area contributed by atoms with Crippen LogP contribution in [0.3, 0.4) is 0 Å². The fourth-order valence-corrected chi connectivity index (χ4v) is 3.09. The number of halogens is 3. The molecule has 1 aromatic carbocycles. The van der Waals surface area contributed by atoms with Crippen molar-refractivity contribution >= 4 is 23.4 Å². The number of rotatable bonds is 8. The van der Waals surface area contributed by atoms with E-state index in [4.69, 9.17) is 4.74 Å². The average Bonchev–Trinajstić information content (AvgIpc) is 2.99. The number of carbonyl (C=O) groups excluding carboxylic acids is 1. The first kappa shape index (κ1) is 21.1. The third-order valence-electron chi connectivity index (χ3n) is 3.44. The number of benzene rings is 1. The molecule has 0 radical (unpaired) electrons. The Balaban J connectivity index is 2.01. The summed E-state index contributed by atoms with van der Waals surface area (Å²) in [6.07, 6.45) is -4.58. The van der Waals surface area contributed by atoms with Gasteiger partial charge in [-0.25, -0.2) is 0 Å². The van der Waals surface area contributed by atoms with E-state index in [1.54, 1.807) is 24.5 Å². The van der Waals surface area contributed by atoms with Gasteiger partial charge in [0.15, 0.2) is 11.0 Å². The van der Waals surface area contributed by atoms with Crippen molar-refractivity contribution in [1.29, 1.82) is 0 Å². The summed E-state index contributed by atoms with van der Waals surface area (Å²) in [5.74, 6) is 0.330. The Morgan fingerprint density at radius 2 is 2.07 bits per heavy atom.